The van der Waals surface area contributed by atoms with E-state index in [4.69, 9.17) is 0 Å². The molecule has 0 aromatic heterocycles. The van der Waals surface area contributed by atoms with Gasteiger partial charge in [-0.15, -0.1) is 0 Å². The van der Waals surface area contributed by atoms with Crippen LogP contribution >= 0.6 is 0 Å². The van der Waals surface area contributed by atoms with Crippen molar-refractivity contribution < 1.29 is 0 Å². The van der Waals surface area contributed by atoms with Crippen LogP contribution in [0.3, 0.4) is 0 Å². The average molecular weight is 162 g/mol. The summed E-state index contributed by atoms with van der Waals surface area (Å²) >= 11 is 0. The normalized spacial score (nSPS) is 24.9. The Morgan fingerprint density at radius 2 is 2.08 bits per heavy atom. The third-order valence-corrected chi connectivity index (χ3v) is 2.09. The molecule has 66 valence electrons. The Morgan fingerprint density at radius 1 is 1.33 bits per heavy atom. The van der Waals surface area contributed by atoms with Gasteiger partial charge in [-0.3, -0.25) is 0 Å². The van der Waals surface area contributed by atoms with Gasteiger partial charge in [0, 0.05) is 0 Å². The Bertz CT molecular complexity index is 206. The van der Waals surface area contributed by atoms with Gasteiger partial charge < -0.3 is 0 Å². The molecule has 0 nitrogen and oxygen atoms in total. The summed E-state index contributed by atoms with van der Waals surface area (Å²) in [7, 11) is 0. The van der Waals surface area contributed by atoms with Crippen molar-refractivity contribution in [3.63, 3.8) is 0 Å². The standard InChI is InChI=1S/C12H18/c1-11(2)10-12-8-6-4-3-5-7-9-12/h3-4,9H,1,5-8,10H2,2H3/b4-3-,12-9+. The van der Waals surface area contributed by atoms with Crippen molar-refractivity contribution in [2.75, 3.05) is 0 Å². The van der Waals surface area contributed by atoms with E-state index >= 15 is 0 Å². The number of rotatable bonds is 2. The Kier molecular flexibility index (Phi) is 3.86. The highest BCUT2D eigenvalue weighted by atomic mass is 14.0. The van der Waals surface area contributed by atoms with Gasteiger partial charge in [-0.25, -0.2) is 0 Å². The fourth-order valence-electron chi connectivity index (χ4n) is 1.54. The summed E-state index contributed by atoms with van der Waals surface area (Å²) in [5.41, 5.74) is 2.86. The molecule has 0 amide bonds. The van der Waals surface area contributed by atoms with E-state index in [2.05, 4.69) is 31.7 Å². The van der Waals surface area contributed by atoms with Crippen LogP contribution in [0.1, 0.15) is 39.0 Å². The first kappa shape index (κ1) is 9.31. The van der Waals surface area contributed by atoms with E-state index in [1.54, 1.807) is 5.57 Å². The first-order chi connectivity index (χ1) is 5.79. The van der Waals surface area contributed by atoms with Crippen molar-refractivity contribution in [1.82, 2.24) is 0 Å². The van der Waals surface area contributed by atoms with Gasteiger partial charge in [-0.2, -0.15) is 0 Å². The van der Waals surface area contributed by atoms with Crippen molar-refractivity contribution in [2.24, 2.45) is 0 Å². The maximum absolute atomic E-state index is 3.94. The molecule has 0 saturated carbocycles. The highest BCUT2D eigenvalue weighted by molar-refractivity contribution is 5.13. The molecule has 0 heterocycles. The van der Waals surface area contributed by atoms with E-state index in [1.165, 1.54) is 31.3 Å². The predicted molar refractivity (Wildman–Crippen MR) is 55.1 cm³/mol. The average Bonchev–Trinajstić information content (AvgIpc) is 1.93. The Hall–Kier alpha value is -0.780. The van der Waals surface area contributed by atoms with Crippen LogP contribution in [0.5, 0.6) is 0 Å². The van der Waals surface area contributed by atoms with Crippen LogP contribution in [0.2, 0.25) is 0 Å². The molecule has 0 spiro atoms. The Balaban J connectivity index is 2.45. The molecule has 0 aromatic rings. The van der Waals surface area contributed by atoms with Crippen LogP contribution in [0.15, 0.2) is 36.0 Å². The number of hydrogen-bond donors (Lipinski definition) is 0. The fraction of sp³-hybridized carbons (Fsp3) is 0.500. The lowest BCUT2D eigenvalue weighted by Crippen LogP contribution is -1.87. The fourth-order valence-corrected chi connectivity index (χ4v) is 1.54. The van der Waals surface area contributed by atoms with E-state index in [1.807, 2.05) is 0 Å². The molecular formula is C12H18. The summed E-state index contributed by atoms with van der Waals surface area (Å²) in [4.78, 5) is 0. The van der Waals surface area contributed by atoms with Gasteiger partial charge >= 0.3 is 0 Å². The summed E-state index contributed by atoms with van der Waals surface area (Å²) in [5.74, 6) is 0. The molecule has 0 heteroatoms. The zero-order valence-electron chi connectivity index (χ0n) is 7.97. The van der Waals surface area contributed by atoms with Crippen molar-refractivity contribution >= 4 is 0 Å². The molecule has 0 aromatic carbocycles. The lowest BCUT2D eigenvalue weighted by atomic mass is 9.99. The summed E-state index contributed by atoms with van der Waals surface area (Å²) < 4.78 is 0. The molecule has 0 saturated heterocycles. The smallest absolute Gasteiger partial charge is 0.0114 e. The van der Waals surface area contributed by atoms with Crippen LogP contribution in [0.25, 0.3) is 0 Å². The maximum Gasteiger partial charge on any atom is -0.0114 e. The van der Waals surface area contributed by atoms with Gasteiger partial charge in [0.25, 0.3) is 0 Å². The topological polar surface area (TPSA) is 0 Å². The number of hydrogen-bond acceptors (Lipinski definition) is 0. The largest absolute Gasteiger partial charge is 0.0998 e. The molecule has 1 rings (SSSR count). The second-order valence-electron chi connectivity index (χ2n) is 3.58. The van der Waals surface area contributed by atoms with Crippen molar-refractivity contribution in [2.45, 2.75) is 39.0 Å². The van der Waals surface area contributed by atoms with Crippen molar-refractivity contribution in [3.05, 3.63) is 36.0 Å². The molecule has 0 bridgehead atoms. The van der Waals surface area contributed by atoms with Gasteiger partial charge in [0.1, 0.15) is 0 Å². The van der Waals surface area contributed by atoms with E-state index in [-0.39, 0.29) is 0 Å². The van der Waals surface area contributed by atoms with Crippen molar-refractivity contribution in [1.29, 1.82) is 0 Å². The van der Waals surface area contributed by atoms with E-state index < -0.39 is 0 Å². The van der Waals surface area contributed by atoms with Crippen LogP contribution in [-0.4, -0.2) is 0 Å². The lowest BCUT2D eigenvalue weighted by molar-refractivity contribution is 0.871. The molecule has 0 atom stereocenters. The minimum atomic E-state index is 1.10. The third-order valence-electron chi connectivity index (χ3n) is 2.09. The molecule has 0 N–H and O–H groups in total. The van der Waals surface area contributed by atoms with Gasteiger partial charge in [0.15, 0.2) is 0 Å². The monoisotopic (exact) mass is 162 g/mol. The van der Waals surface area contributed by atoms with Gasteiger partial charge in [-0.1, -0.05) is 36.0 Å². The van der Waals surface area contributed by atoms with Crippen molar-refractivity contribution in [3.8, 4) is 0 Å². The highest BCUT2D eigenvalue weighted by Gasteiger charge is 1.98. The highest BCUT2D eigenvalue weighted by Crippen LogP contribution is 2.18. The Morgan fingerprint density at radius 3 is 2.83 bits per heavy atom. The molecular weight excluding hydrogens is 144 g/mol. The summed E-state index contributed by atoms with van der Waals surface area (Å²) in [5, 5.41) is 0. The van der Waals surface area contributed by atoms with Gasteiger partial charge in [-0.05, 0) is 39.0 Å². The van der Waals surface area contributed by atoms with Gasteiger partial charge in [0.2, 0.25) is 0 Å². The third kappa shape index (κ3) is 3.56. The summed E-state index contributed by atoms with van der Waals surface area (Å²) in [6.07, 6.45) is 12.9. The lowest BCUT2D eigenvalue weighted by Gasteiger charge is -2.07. The molecule has 0 radical (unpaired) electrons. The number of allylic oxidation sites excluding steroid dienone is 5. The second-order valence-corrected chi connectivity index (χ2v) is 3.58. The summed E-state index contributed by atoms with van der Waals surface area (Å²) in [6, 6.07) is 0. The SMILES string of the molecule is C=C(C)C/C1=C/CC/C=C\CC1. The molecule has 0 unspecified atom stereocenters. The van der Waals surface area contributed by atoms with E-state index in [0.29, 0.717) is 0 Å². The van der Waals surface area contributed by atoms with E-state index in [9.17, 15) is 0 Å². The Labute approximate surface area is 75.7 Å². The zero-order valence-corrected chi connectivity index (χ0v) is 7.97. The first-order valence-electron chi connectivity index (χ1n) is 4.76. The van der Waals surface area contributed by atoms with Crippen LogP contribution in [0, 0.1) is 0 Å². The summed E-state index contributed by atoms with van der Waals surface area (Å²) in [6.45, 7) is 6.05. The molecule has 0 fully saturated rings. The first-order valence-corrected chi connectivity index (χ1v) is 4.76. The molecule has 1 aliphatic rings. The van der Waals surface area contributed by atoms with Gasteiger partial charge in [0.05, 0.1) is 0 Å². The maximum atomic E-state index is 3.94. The quantitative estimate of drug-likeness (QED) is 0.538. The molecule has 0 aliphatic heterocycles. The minimum Gasteiger partial charge on any atom is -0.0998 e. The molecule has 12 heavy (non-hydrogen) atoms. The van der Waals surface area contributed by atoms with E-state index in [0.717, 1.165) is 6.42 Å². The van der Waals surface area contributed by atoms with Crippen LogP contribution < -0.4 is 0 Å². The van der Waals surface area contributed by atoms with Crippen LogP contribution in [0.4, 0.5) is 0 Å². The zero-order chi connectivity index (χ0) is 8.81. The second kappa shape index (κ2) is 4.97. The predicted octanol–water partition coefficient (Wildman–Crippen LogP) is 4.01. The minimum absolute atomic E-state index is 1.10. The molecule has 1 aliphatic carbocycles. The van der Waals surface area contributed by atoms with Crippen LogP contribution in [-0.2, 0) is 0 Å².